The largest absolute Gasteiger partial charge is 0.397 e. The lowest BCUT2D eigenvalue weighted by molar-refractivity contribution is -0.298. The molecule has 69 heavy (non-hydrogen) atoms. The maximum atomic E-state index is 13.1. The van der Waals surface area contributed by atoms with Gasteiger partial charge in [-0.15, -0.1) is 0 Å². The van der Waals surface area contributed by atoms with Gasteiger partial charge < -0.3 is 35.2 Å². The number of rotatable bonds is 50. The van der Waals surface area contributed by atoms with Crippen LogP contribution in [0.15, 0.2) is 24.3 Å². The van der Waals surface area contributed by atoms with E-state index in [1.54, 1.807) is 6.08 Å². The van der Waals surface area contributed by atoms with Crippen molar-refractivity contribution >= 4 is 16.3 Å². The molecular formula is C56H107NO11S. The number of hydrogen-bond donors (Lipinski definition) is 6. The molecule has 7 atom stereocenters. The Morgan fingerprint density at radius 1 is 0.565 bits per heavy atom. The van der Waals surface area contributed by atoms with Gasteiger partial charge in [0, 0.05) is 6.42 Å². The van der Waals surface area contributed by atoms with Gasteiger partial charge in [-0.3, -0.25) is 9.35 Å². The van der Waals surface area contributed by atoms with Crippen molar-refractivity contribution in [2.75, 3.05) is 13.2 Å². The fraction of sp³-hybridized carbons (Fsp3) is 0.911. The summed E-state index contributed by atoms with van der Waals surface area (Å²) >= 11 is 0. The molecule has 0 aromatic carbocycles. The monoisotopic (exact) mass is 1000 g/mol. The Balaban J connectivity index is 2.39. The third-order valence-electron chi connectivity index (χ3n) is 13.7. The number of amides is 1. The van der Waals surface area contributed by atoms with Crippen LogP contribution in [0.2, 0.25) is 0 Å². The first-order chi connectivity index (χ1) is 33.5. The molecule has 0 radical (unpaired) electrons. The molecule has 1 rings (SSSR count). The van der Waals surface area contributed by atoms with Crippen molar-refractivity contribution < 1.29 is 51.8 Å². The standard InChI is InChI=1S/C56H107NO11S/c1-3-5-7-9-11-13-15-17-19-21-23-24-25-26-28-30-32-34-36-38-40-42-44-46-52(60)57-49(48-66-56-54(62)55(68-69(63,64)65)53(61)51(47-58)67-56)50(59)45-43-41-39-37-35-33-31-29-27-22-20-18-16-14-12-10-8-6-4-2/h26,28,43,45,49-51,53-56,58-59,61-62H,3-25,27,29-42,44,46-48H2,1-2H3,(H,57,60)(H,63,64,65)/b28-26-,45-43+. The summed E-state index contributed by atoms with van der Waals surface area (Å²) in [5.41, 5.74) is 0. The van der Waals surface area contributed by atoms with E-state index in [1.165, 1.54) is 199 Å². The summed E-state index contributed by atoms with van der Waals surface area (Å²) in [6, 6.07) is -0.945. The summed E-state index contributed by atoms with van der Waals surface area (Å²) in [6.07, 6.45) is 47.9. The minimum atomic E-state index is -5.09. The van der Waals surface area contributed by atoms with Crippen molar-refractivity contribution in [2.24, 2.45) is 0 Å². The quantitative estimate of drug-likeness (QED) is 0.0193. The molecule has 7 unspecified atom stereocenters. The first kappa shape index (κ1) is 65.6. The average Bonchev–Trinajstić information content (AvgIpc) is 3.32. The van der Waals surface area contributed by atoms with Crippen LogP contribution in [0.25, 0.3) is 0 Å². The molecule has 0 aromatic rings. The first-order valence-electron chi connectivity index (χ1n) is 28.7. The highest BCUT2D eigenvalue weighted by molar-refractivity contribution is 7.80. The maximum absolute atomic E-state index is 13.1. The second-order valence-corrected chi connectivity index (χ2v) is 21.3. The topological polar surface area (TPSA) is 192 Å². The van der Waals surface area contributed by atoms with Gasteiger partial charge in [-0.2, -0.15) is 8.42 Å². The van der Waals surface area contributed by atoms with Crippen molar-refractivity contribution in [3.63, 3.8) is 0 Å². The molecule has 12 nitrogen and oxygen atoms in total. The molecule has 0 spiro atoms. The molecule has 1 heterocycles. The number of ether oxygens (including phenoxy) is 2. The third kappa shape index (κ3) is 38.8. The summed E-state index contributed by atoms with van der Waals surface area (Å²) in [7, 11) is -5.09. The number of allylic oxidation sites excluding steroid dienone is 3. The zero-order valence-electron chi connectivity index (χ0n) is 44.1. The minimum absolute atomic E-state index is 0.263. The van der Waals surface area contributed by atoms with E-state index in [4.69, 9.17) is 9.47 Å². The van der Waals surface area contributed by atoms with E-state index in [0.29, 0.717) is 6.42 Å². The summed E-state index contributed by atoms with van der Waals surface area (Å²) in [6.45, 7) is 3.43. The molecule has 0 saturated carbocycles. The zero-order valence-corrected chi connectivity index (χ0v) is 45.0. The van der Waals surface area contributed by atoms with Crippen molar-refractivity contribution in [3.05, 3.63) is 24.3 Å². The fourth-order valence-corrected chi connectivity index (χ4v) is 9.78. The highest BCUT2D eigenvalue weighted by atomic mass is 32.3. The molecule has 0 aromatic heterocycles. The van der Waals surface area contributed by atoms with E-state index in [2.05, 4.69) is 35.5 Å². The summed E-state index contributed by atoms with van der Waals surface area (Å²) in [5.74, 6) is -0.263. The molecule has 0 bridgehead atoms. The van der Waals surface area contributed by atoms with Crippen LogP contribution in [0.5, 0.6) is 0 Å². The third-order valence-corrected chi connectivity index (χ3v) is 14.2. The van der Waals surface area contributed by atoms with Gasteiger partial charge in [0.05, 0.1) is 25.4 Å². The number of carbonyl (C=O) groups excluding carboxylic acids is 1. The van der Waals surface area contributed by atoms with Crippen molar-refractivity contribution in [1.82, 2.24) is 5.32 Å². The van der Waals surface area contributed by atoms with Gasteiger partial charge in [-0.25, -0.2) is 4.18 Å². The lowest BCUT2D eigenvalue weighted by Gasteiger charge is -2.41. The first-order valence-corrected chi connectivity index (χ1v) is 30.1. The Bertz CT molecular complexity index is 1320. The van der Waals surface area contributed by atoms with Gasteiger partial charge in [-0.1, -0.05) is 244 Å². The van der Waals surface area contributed by atoms with Crippen LogP contribution in [0.3, 0.4) is 0 Å². The number of aliphatic hydroxyl groups is 4. The second-order valence-electron chi connectivity index (χ2n) is 20.2. The van der Waals surface area contributed by atoms with Crippen molar-refractivity contribution in [1.29, 1.82) is 0 Å². The Kier molecular flexibility index (Phi) is 44.1. The number of unbranched alkanes of at least 4 members (excludes halogenated alkanes) is 36. The summed E-state index contributed by atoms with van der Waals surface area (Å²) in [5, 5.41) is 45.0. The Morgan fingerprint density at radius 2 is 0.928 bits per heavy atom. The summed E-state index contributed by atoms with van der Waals surface area (Å²) in [4.78, 5) is 13.1. The van der Waals surface area contributed by atoms with Gasteiger partial charge in [0.25, 0.3) is 0 Å². The SMILES string of the molecule is CCCCCCCCCCCCCC/C=C\CCCCCCCCCC(=O)NC(COC1OC(CO)C(O)C(OS(=O)(=O)O)C1O)C(O)/C=C/CCCCCCCCCCCCCCCCCCC. The predicted octanol–water partition coefficient (Wildman–Crippen LogP) is 13.2. The lowest BCUT2D eigenvalue weighted by Crippen LogP contribution is -2.61. The highest BCUT2D eigenvalue weighted by Gasteiger charge is 2.48. The van der Waals surface area contributed by atoms with Gasteiger partial charge >= 0.3 is 10.4 Å². The minimum Gasteiger partial charge on any atom is -0.394 e. The second kappa shape index (κ2) is 46.4. The van der Waals surface area contributed by atoms with Crippen LogP contribution in [0.1, 0.15) is 271 Å². The molecule has 1 aliphatic rings. The Labute approximate surface area is 422 Å². The van der Waals surface area contributed by atoms with E-state index in [9.17, 15) is 38.2 Å². The molecular weight excluding hydrogens is 895 g/mol. The van der Waals surface area contributed by atoms with E-state index in [0.717, 1.165) is 44.9 Å². The normalized spacial score (nSPS) is 19.8. The number of carbonyl (C=O) groups is 1. The molecule has 1 saturated heterocycles. The molecule has 408 valence electrons. The number of hydrogen-bond acceptors (Lipinski definition) is 10. The molecule has 0 aliphatic carbocycles. The van der Waals surface area contributed by atoms with Crippen molar-refractivity contribution in [3.8, 4) is 0 Å². The molecule has 1 aliphatic heterocycles. The Morgan fingerprint density at radius 3 is 1.30 bits per heavy atom. The number of aliphatic hydroxyl groups excluding tert-OH is 4. The van der Waals surface area contributed by atoms with E-state index >= 15 is 0 Å². The van der Waals surface area contributed by atoms with E-state index < -0.39 is 59.9 Å². The lowest BCUT2D eigenvalue weighted by atomic mass is 9.99. The Hall–Kier alpha value is -1.42. The van der Waals surface area contributed by atoms with E-state index in [1.807, 2.05) is 6.08 Å². The number of nitrogens with one attached hydrogen (secondary N) is 1. The van der Waals surface area contributed by atoms with Gasteiger partial charge in [-0.05, 0) is 44.9 Å². The van der Waals surface area contributed by atoms with Crippen LogP contribution >= 0.6 is 0 Å². The molecule has 1 amide bonds. The average molecular weight is 1000 g/mol. The van der Waals surface area contributed by atoms with Gasteiger partial charge in [0.1, 0.15) is 24.4 Å². The smallest absolute Gasteiger partial charge is 0.394 e. The zero-order chi connectivity index (χ0) is 50.5. The molecule has 1 fully saturated rings. The van der Waals surface area contributed by atoms with Crippen LogP contribution in [-0.2, 0) is 28.9 Å². The highest BCUT2D eigenvalue weighted by Crippen LogP contribution is 2.26. The molecule has 6 N–H and O–H groups in total. The fourth-order valence-electron chi connectivity index (χ4n) is 9.28. The summed E-state index contributed by atoms with van der Waals surface area (Å²) < 4.78 is 47.8. The maximum Gasteiger partial charge on any atom is 0.397 e. The molecule has 13 heteroatoms. The van der Waals surface area contributed by atoms with Crippen molar-refractivity contribution in [2.45, 2.75) is 314 Å². The van der Waals surface area contributed by atoms with Crippen LogP contribution in [0, 0.1) is 0 Å². The van der Waals surface area contributed by atoms with E-state index in [-0.39, 0.29) is 18.9 Å². The van der Waals surface area contributed by atoms with Crippen LogP contribution in [-0.4, -0.2) is 95.4 Å². The van der Waals surface area contributed by atoms with Gasteiger partial charge in [0.2, 0.25) is 5.91 Å². The van der Waals surface area contributed by atoms with Crippen LogP contribution < -0.4 is 5.32 Å². The van der Waals surface area contributed by atoms with Crippen LogP contribution in [0.4, 0.5) is 0 Å². The predicted molar refractivity (Wildman–Crippen MR) is 282 cm³/mol. The van der Waals surface area contributed by atoms with Gasteiger partial charge in [0.15, 0.2) is 6.29 Å².